The van der Waals surface area contributed by atoms with Crippen molar-refractivity contribution in [2.45, 2.75) is 52.9 Å². The zero-order chi connectivity index (χ0) is 28.0. The number of benzene rings is 2. The molecule has 0 bridgehead atoms. The second kappa shape index (κ2) is 12.0. The van der Waals surface area contributed by atoms with E-state index in [0.717, 1.165) is 10.9 Å². The van der Waals surface area contributed by atoms with Gasteiger partial charge in [-0.1, -0.05) is 18.2 Å². The monoisotopic (exact) mass is 534 g/mol. The Bertz CT molecular complexity index is 1470. The van der Waals surface area contributed by atoms with Crippen molar-refractivity contribution < 1.29 is 32.6 Å². The van der Waals surface area contributed by atoms with E-state index < -0.39 is 17.5 Å². The Kier molecular flexibility index (Phi) is 8.49. The number of furan rings is 1. The molecule has 0 aliphatic carbocycles. The standard InChI is InChI=1S/C30H31FN2O6/c1-5-36-26(34)16-20-8-6-7-9-25(20)38-18-19-14-21-11-13-37-28(21)23(15-19)22-10-12-32-24(27(22)31)17-33-29(35)39-30(2,3)4/h6-15H,5,16-18H2,1-4H3,(H,33,35). The van der Waals surface area contributed by atoms with Crippen LogP contribution in [0.1, 0.15) is 44.5 Å². The summed E-state index contributed by atoms with van der Waals surface area (Å²) in [6.07, 6.45) is 2.45. The average Bonchev–Trinajstić information content (AvgIpc) is 3.35. The molecule has 2 heterocycles. The summed E-state index contributed by atoms with van der Waals surface area (Å²) in [4.78, 5) is 28.2. The second-order valence-electron chi connectivity index (χ2n) is 9.84. The highest BCUT2D eigenvalue weighted by Crippen LogP contribution is 2.34. The second-order valence-corrected chi connectivity index (χ2v) is 9.84. The van der Waals surface area contributed by atoms with Crippen molar-refractivity contribution >= 4 is 23.0 Å². The molecule has 39 heavy (non-hydrogen) atoms. The normalized spacial score (nSPS) is 11.3. The number of esters is 1. The van der Waals surface area contributed by atoms with Crippen LogP contribution in [0.15, 0.2) is 65.4 Å². The number of aromatic nitrogens is 1. The van der Waals surface area contributed by atoms with Gasteiger partial charge >= 0.3 is 12.1 Å². The van der Waals surface area contributed by atoms with Gasteiger partial charge < -0.3 is 23.9 Å². The fraction of sp³-hybridized carbons (Fsp3) is 0.300. The largest absolute Gasteiger partial charge is 0.489 e. The van der Waals surface area contributed by atoms with E-state index in [0.29, 0.717) is 29.1 Å². The first-order valence-corrected chi connectivity index (χ1v) is 12.6. The molecule has 0 unspecified atom stereocenters. The summed E-state index contributed by atoms with van der Waals surface area (Å²) in [5.41, 5.74) is 2.18. The minimum absolute atomic E-state index is 0.0626. The molecule has 0 aliphatic heterocycles. The SMILES string of the molecule is CCOC(=O)Cc1ccccc1OCc1cc(-c2ccnc(CNC(=O)OC(C)(C)C)c2F)c2occc2c1. The Balaban J connectivity index is 1.58. The summed E-state index contributed by atoms with van der Waals surface area (Å²) < 4.78 is 37.7. The van der Waals surface area contributed by atoms with Crippen LogP contribution in [0.25, 0.3) is 22.1 Å². The van der Waals surface area contributed by atoms with Crippen molar-refractivity contribution in [1.29, 1.82) is 0 Å². The van der Waals surface area contributed by atoms with E-state index in [9.17, 15) is 9.59 Å². The third-order valence-electron chi connectivity index (χ3n) is 5.67. The van der Waals surface area contributed by atoms with Gasteiger partial charge in [0.15, 0.2) is 5.82 Å². The summed E-state index contributed by atoms with van der Waals surface area (Å²) in [5.74, 6) is -0.352. The van der Waals surface area contributed by atoms with Crippen molar-refractivity contribution in [2.24, 2.45) is 0 Å². The highest BCUT2D eigenvalue weighted by Gasteiger charge is 2.20. The van der Waals surface area contributed by atoms with E-state index in [1.165, 1.54) is 12.5 Å². The lowest BCUT2D eigenvalue weighted by Crippen LogP contribution is -2.32. The molecule has 2 aromatic heterocycles. The van der Waals surface area contributed by atoms with Crippen LogP contribution in [0.5, 0.6) is 5.75 Å². The molecule has 0 radical (unpaired) electrons. The van der Waals surface area contributed by atoms with Gasteiger partial charge in [0.2, 0.25) is 0 Å². The van der Waals surface area contributed by atoms with Gasteiger partial charge in [-0.25, -0.2) is 9.18 Å². The fourth-order valence-corrected chi connectivity index (χ4v) is 4.04. The predicted molar refractivity (Wildman–Crippen MR) is 144 cm³/mol. The first-order valence-electron chi connectivity index (χ1n) is 12.6. The van der Waals surface area contributed by atoms with Gasteiger partial charge in [-0.3, -0.25) is 9.78 Å². The molecule has 2 aromatic carbocycles. The first-order chi connectivity index (χ1) is 18.6. The lowest BCUT2D eigenvalue weighted by molar-refractivity contribution is -0.142. The van der Waals surface area contributed by atoms with E-state index >= 15 is 4.39 Å². The molecule has 0 aliphatic rings. The van der Waals surface area contributed by atoms with E-state index in [4.69, 9.17) is 18.6 Å². The molecule has 4 rings (SSSR count). The number of ether oxygens (including phenoxy) is 3. The van der Waals surface area contributed by atoms with Gasteiger partial charge in [0.05, 0.1) is 31.5 Å². The summed E-state index contributed by atoms with van der Waals surface area (Å²) in [6, 6.07) is 14.3. The van der Waals surface area contributed by atoms with Crippen LogP contribution in [-0.4, -0.2) is 29.3 Å². The van der Waals surface area contributed by atoms with Crippen molar-refractivity contribution in [3.63, 3.8) is 0 Å². The average molecular weight is 535 g/mol. The lowest BCUT2D eigenvalue weighted by atomic mass is 10.00. The molecule has 9 heteroatoms. The Labute approximate surface area is 226 Å². The van der Waals surface area contributed by atoms with Crippen LogP contribution < -0.4 is 10.1 Å². The third kappa shape index (κ3) is 7.13. The molecule has 0 saturated heterocycles. The summed E-state index contributed by atoms with van der Waals surface area (Å²) in [7, 11) is 0. The third-order valence-corrected chi connectivity index (χ3v) is 5.67. The number of fused-ring (bicyclic) bond motifs is 1. The molecular formula is C30H31FN2O6. The number of amides is 1. The van der Waals surface area contributed by atoms with Crippen LogP contribution in [-0.2, 0) is 33.8 Å². The highest BCUT2D eigenvalue weighted by atomic mass is 19.1. The molecule has 0 spiro atoms. The summed E-state index contributed by atoms with van der Waals surface area (Å²) in [6.45, 7) is 7.34. The smallest absolute Gasteiger partial charge is 0.407 e. The number of halogens is 1. The van der Waals surface area contributed by atoms with E-state index in [-0.39, 0.29) is 36.8 Å². The fourth-order valence-electron chi connectivity index (χ4n) is 4.04. The topological polar surface area (TPSA) is 99.9 Å². The number of hydrogen-bond acceptors (Lipinski definition) is 7. The van der Waals surface area contributed by atoms with Gasteiger partial charge in [-0.05, 0) is 63.6 Å². The molecule has 1 N–H and O–H groups in total. The minimum Gasteiger partial charge on any atom is -0.489 e. The van der Waals surface area contributed by atoms with E-state index in [1.54, 1.807) is 52.0 Å². The molecule has 0 fully saturated rings. The molecule has 4 aromatic rings. The van der Waals surface area contributed by atoms with Gasteiger partial charge in [-0.2, -0.15) is 0 Å². The number of alkyl carbamates (subject to hydrolysis) is 1. The number of carbonyl (C=O) groups is 2. The zero-order valence-corrected chi connectivity index (χ0v) is 22.4. The van der Waals surface area contributed by atoms with Crippen molar-refractivity contribution in [1.82, 2.24) is 10.3 Å². The Morgan fingerprint density at radius 1 is 1.08 bits per heavy atom. The van der Waals surface area contributed by atoms with Gasteiger partial charge in [0.1, 0.15) is 23.5 Å². The first kappa shape index (κ1) is 27.6. The minimum atomic E-state index is -0.676. The van der Waals surface area contributed by atoms with Crippen molar-refractivity contribution in [3.05, 3.63) is 83.6 Å². The zero-order valence-electron chi connectivity index (χ0n) is 22.4. The maximum Gasteiger partial charge on any atom is 0.407 e. The number of nitrogens with one attached hydrogen (secondary N) is 1. The predicted octanol–water partition coefficient (Wildman–Crippen LogP) is 6.34. The maximum atomic E-state index is 15.6. The number of para-hydroxylation sites is 1. The van der Waals surface area contributed by atoms with Crippen molar-refractivity contribution in [2.75, 3.05) is 6.61 Å². The molecule has 1 amide bonds. The number of carbonyl (C=O) groups excluding carboxylic acids is 2. The van der Waals surface area contributed by atoms with E-state index in [2.05, 4.69) is 10.3 Å². The van der Waals surface area contributed by atoms with Gasteiger partial charge in [0.25, 0.3) is 0 Å². The molecule has 0 saturated carbocycles. The summed E-state index contributed by atoms with van der Waals surface area (Å²) in [5, 5.41) is 3.32. The van der Waals surface area contributed by atoms with Crippen LogP contribution in [0.2, 0.25) is 0 Å². The number of rotatable bonds is 9. The Morgan fingerprint density at radius 3 is 2.64 bits per heavy atom. The van der Waals surface area contributed by atoms with Crippen LogP contribution >= 0.6 is 0 Å². The Morgan fingerprint density at radius 2 is 1.87 bits per heavy atom. The lowest BCUT2D eigenvalue weighted by Gasteiger charge is -2.19. The molecule has 204 valence electrons. The van der Waals surface area contributed by atoms with Gasteiger partial charge in [0, 0.05) is 28.3 Å². The van der Waals surface area contributed by atoms with Gasteiger partial charge in [-0.15, -0.1) is 0 Å². The van der Waals surface area contributed by atoms with Crippen LogP contribution in [0, 0.1) is 5.82 Å². The number of pyridine rings is 1. The van der Waals surface area contributed by atoms with Crippen LogP contribution in [0.4, 0.5) is 9.18 Å². The van der Waals surface area contributed by atoms with Crippen molar-refractivity contribution in [3.8, 4) is 16.9 Å². The number of hydrogen-bond donors (Lipinski definition) is 1. The quantitative estimate of drug-likeness (QED) is 0.250. The van der Waals surface area contributed by atoms with Crippen LogP contribution in [0.3, 0.4) is 0 Å². The highest BCUT2D eigenvalue weighted by molar-refractivity contribution is 5.93. The Hall–Kier alpha value is -4.40. The maximum absolute atomic E-state index is 15.6. The molecule has 8 nitrogen and oxygen atoms in total. The number of nitrogens with zero attached hydrogens (tertiary/aromatic N) is 1. The van der Waals surface area contributed by atoms with E-state index in [1.807, 2.05) is 24.3 Å². The molecular weight excluding hydrogens is 503 g/mol. The molecule has 0 atom stereocenters. The summed E-state index contributed by atoms with van der Waals surface area (Å²) >= 11 is 0.